The van der Waals surface area contributed by atoms with Crippen molar-refractivity contribution in [3.05, 3.63) is 75.8 Å². The van der Waals surface area contributed by atoms with Crippen molar-refractivity contribution in [2.45, 2.75) is 22.6 Å². The first-order valence-corrected chi connectivity index (χ1v) is 12.4. The normalized spacial score (nSPS) is 29.9. The summed E-state index contributed by atoms with van der Waals surface area (Å²) < 4.78 is 0. The van der Waals surface area contributed by atoms with E-state index < -0.39 is 22.7 Å². The Morgan fingerprint density at radius 1 is 1.00 bits per heavy atom. The smallest absolute Gasteiger partial charge is 0.272 e. The average molecular weight is 577 g/mol. The summed E-state index contributed by atoms with van der Waals surface area (Å²) in [7, 11) is 0. The third kappa shape index (κ3) is 3.50. The Bertz CT molecular complexity index is 1130. The first-order valence-electron chi connectivity index (χ1n) is 10.6. The number of hydrazine groups is 1. The second-order valence-electron chi connectivity index (χ2n) is 8.65. The van der Waals surface area contributed by atoms with Crippen molar-refractivity contribution in [2.75, 3.05) is 0 Å². The van der Waals surface area contributed by atoms with Crippen LogP contribution in [0.3, 0.4) is 0 Å². The third-order valence-electron chi connectivity index (χ3n) is 6.92. The van der Waals surface area contributed by atoms with Crippen LogP contribution in [0.5, 0.6) is 0 Å². The van der Waals surface area contributed by atoms with E-state index in [-0.39, 0.29) is 51.1 Å². The van der Waals surface area contributed by atoms with Gasteiger partial charge < -0.3 is 0 Å². The molecular weight excluding hydrogens is 558 g/mol. The summed E-state index contributed by atoms with van der Waals surface area (Å²) in [5.41, 5.74) is 0.532. The van der Waals surface area contributed by atoms with E-state index in [9.17, 15) is 24.5 Å². The van der Waals surface area contributed by atoms with Gasteiger partial charge in [0, 0.05) is 27.4 Å². The summed E-state index contributed by atoms with van der Waals surface area (Å²) in [4.78, 5) is 51.5. The number of nitro benzene ring substituents is 1. The van der Waals surface area contributed by atoms with Gasteiger partial charge in [0.15, 0.2) is 0 Å². The molecule has 3 amide bonds. The number of non-ortho nitro benzene ring substituents is 1. The molecule has 6 atom stereocenters. The molecule has 2 aromatic carbocycles. The van der Waals surface area contributed by atoms with Gasteiger partial charge in [0.25, 0.3) is 23.4 Å². The van der Waals surface area contributed by atoms with Gasteiger partial charge in [-0.1, -0.05) is 68.3 Å². The summed E-state index contributed by atoms with van der Waals surface area (Å²) in [5.74, 6) is -2.32. The van der Waals surface area contributed by atoms with E-state index in [0.29, 0.717) is 0 Å². The molecule has 1 saturated heterocycles. The predicted octanol–water partition coefficient (Wildman–Crippen LogP) is 3.93. The highest BCUT2D eigenvalue weighted by atomic mass is 79.9. The van der Waals surface area contributed by atoms with Crippen LogP contribution in [0, 0.1) is 33.8 Å². The molecule has 0 N–H and O–H groups in total. The number of carbonyl (C=O) groups is 3. The van der Waals surface area contributed by atoms with Crippen LogP contribution in [-0.4, -0.2) is 42.3 Å². The van der Waals surface area contributed by atoms with Gasteiger partial charge in [0.05, 0.1) is 23.3 Å². The zero-order valence-electron chi connectivity index (χ0n) is 17.2. The van der Waals surface area contributed by atoms with Crippen molar-refractivity contribution in [1.82, 2.24) is 10.0 Å². The van der Waals surface area contributed by atoms with Crippen molar-refractivity contribution in [1.29, 1.82) is 0 Å². The minimum atomic E-state index is -0.637. The molecule has 1 heterocycles. The molecule has 2 bridgehead atoms. The minimum absolute atomic E-state index is 0.00982. The molecule has 2 saturated carbocycles. The Morgan fingerprint density at radius 3 is 2.18 bits per heavy atom. The standard InChI is InChI=1S/C23H19Br2N3O5/c24-19-15-10-16(20(19)25)18-17(15)22(30)27(23(18)31)26(11-12-5-2-1-3-6-12)21(29)13-7-4-8-14(9-13)28(32)33/h1-9,15-20H,10-11H2/t15-,16-,17-,18-,19+,20+/m1/s1. The van der Waals surface area contributed by atoms with E-state index in [0.717, 1.165) is 22.0 Å². The second-order valence-corrected chi connectivity index (χ2v) is 10.8. The Morgan fingerprint density at radius 2 is 1.61 bits per heavy atom. The first-order chi connectivity index (χ1) is 15.8. The Labute approximate surface area is 206 Å². The van der Waals surface area contributed by atoms with E-state index >= 15 is 0 Å². The topological polar surface area (TPSA) is 101 Å². The number of fused-ring (bicyclic) bond motifs is 5. The lowest BCUT2D eigenvalue weighted by Crippen LogP contribution is -2.50. The van der Waals surface area contributed by atoms with Crippen LogP contribution < -0.4 is 0 Å². The average Bonchev–Trinajstić information content (AvgIpc) is 3.43. The van der Waals surface area contributed by atoms with Crippen LogP contribution in [0.4, 0.5) is 5.69 Å². The number of benzene rings is 2. The molecule has 3 fully saturated rings. The summed E-state index contributed by atoms with van der Waals surface area (Å²) in [6.07, 6.45) is 0.782. The molecule has 0 aromatic heterocycles. The highest BCUT2D eigenvalue weighted by Crippen LogP contribution is 2.60. The Kier molecular flexibility index (Phi) is 5.60. The Hall–Kier alpha value is -2.59. The molecule has 0 spiro atoms. The van der Waals surface area contributed by atoms with Crippen LogP contribution in [-0.2, 0) is 16.1 Å². The molecule has 170 valence electrons. The maximum atomic E-state index is 13.6. The lowest BCUT2D eigenvalue weighted by Gasteiger charge is -2.31. The predicted molar refractivity (Wildman–Crippen MR) is 125 cm³/mol. The van der Waals surface area contributed by atoms with Crippen LogP contribution in [0.25, 0.3) is 0 Å². The van der Waals surface area contributed by atoms with E-state index in [2.05, 4.69) is 31.9 Å². The van der Waals surface area contributed by atoms with Gasteiger partial charge >= 0.3 is 0 Å². The van der Waals surface area contributed by atoms with Crippen LogP contribution in [0.1, 0.15) is 22.3 Å². The third-order valence-corrected chi connectivity index (χ3v) is 10.1. The number of imide groups is 1. The summed E-state index contributed by atoms with van der Waals surface area (Å²) in [6, 6.07) is 14.4. The van der Waals surface area contributed by atoms with Gasteiger partial charge in [-0.15, -0.1) is 0 Å². The molecule has 0 unspecified atom stereocenters. The number of hydrogen-bond acceptors (Lipinski definition) is 5. The lowest BCUT2D eigenvalue weighted by molar-refractivity contribution is -0.384. The molecule has 33 heavy (non-hydrogen) atoms. The van der Waals surface area contributed by atoms with E-state index in [1.807, 2.05) is 6.07 Å². The summed E-state index contributed by atoms with van der Waals surface area (Å²) in [6.45, 7) is -0.00982. The highest BCUT2D eigenvalue weighted by molar-refractivity contribution is 9.12. The molecule has 0 radical (unpaired) electrons. The SMILES string of the molecule is O=C(c1cccc([N+](=O)[O-])c1)N(Cc1ccccc1)N1C(=O)[C@@H]2[C@H]3C[C@@H]([C@H](Br)[C@H]3Br)[C@H]2C1=O. The molecule has 1 aliphatic heterocycles. The van der Waals surface area contributed by atoms with Crippen molar-refractivity contribution in [2.24, 2.45) is 23.7 Å². The summed E-state index contributed by atoms with van der Waals surface area (Å²) in [5, 5.41) is 13.4. The maximum Gasteiger partial charge on any atom is 0.273 e. The van der Waals surface area contributed by atoms with Crippen molar-refractivity contribution >= 4 is 55.3 Å². The quantitative estimate of drug-likeness (QED) is 0.232. The van der Waals surface area contributed by atoms with Gasteiger partial charge in [-0.2, -0.15) is 5.01 Å². The number of nitrogens with zero attached hydrogens (tertiary/aromatic N) is 3. The highest BCUT2D eigenvalue weighted by Gasteiger charge is 2.67. The fourth-order valence-corrected chi connectivity index (χ4v) is 7.34. The Balaban J connectivity index is 1.53. The first kappa shape index (κ1) is 22.2. The van der Waals surface area contributed by atoms with E-state index in [4.69, 9.17) is 0 Å². The van der Waals surface area contributed by atoms with Gasteiger partial charge in [0.2, 0.25) is 0 Å². The molecular formula is C23H19Br2N3O5. The van der Waals surface area contributed by atoms with Crippen molar-refractivity contribution in [3.8, 4) is 0 Å². The largest absolute Gasteiger partial charge is 0.273 e. The van der Waals surface area contributed by atoms with Crippen molar-refractivity contribution in [3.63, 3.8) is 0 Å². The van der Waals surface area contributed by atoms with Gasteiger partial charge in [0.1, 0.15) is 0 Å². The monoisotopic (exact) mass is 575 g/mol. The molecule has 10 heteroatoms. The molecule has 2 aliphatic carbocycles. The minimum Gasteiger partial charge on any atom is -0.272 e. The number of amides is 3. The van der Waals surface area contributed by atoms with Gasteiger partial charge in [-0.25, -0.2) is 5.01 Å². The van der Waals surface area contributed by atoms with Gasteiger partial charge in [-0.3, -0.25) is 24.5 Å². The zero-order valence-corrected chi connectivity index (χ0v) is 20.4. The molecule has 2 aromatic rings. The van der Waals surface area contributed by atoms with Gasteiger partial charge in [-0.05, 0) is 29.9 Å². The van der Waals surface area contributed by atoms with Crippen LogP contribution >= 0.6 is 31.9 Å². The molecule has 3 aliphatic rings. The van der Waals surface area contributed by atoms with E-state index in [1.165, 1.54) is 24.3 Å². The number of carbonyl (C=O) groups excluding carboxylic acids is 3. The fourth-order valence-electron chi connectivity index (χ4n) is 5.46. The number of alkyl halides is 2. The van der Waals surface area contributed by atoms with Crippen molar-refractivity contribution < 1.29 is 19.3 Å². The maximum absolute atomic E-state index is 13.6. The number of rotatable bonds is 5. The number of hydrogen-bond donors (Lipinski definition) is 0. The van der Waals surface area contributed by atoms with Crippen LogP contribution in [0.15, 0.2) is 54.6 Å². The summed E-state index contributed by atoms with van der Waals surface area (Å²) >= 11 is 7.34. The second kappa shape index (κ2) is 8.32. The number of nitro groups is 1. The molecule has 8 nitrogen and oxygen atoms in total. The van der Waals surface area contributed by atoms with E-state index in [1.54, 1.807) is 24.3 Å². The van der Waals surface area contributed by atoms with Crippen LogP contribution in [0.2, 0.25) is 0 Å². The zero-order chi connectivity index (χ0) is 23.4. The lowest BCUT2D eigenvalue weighted by atomic mass is 9.81. The molecule has 5 rings (SSSR count). The number of halogens is 2. The fraction of sp³-hybridized carbons (Fsp3) is 0.348.